The van der Waals surface area contributed by atoms with E-state index in [0.29, 0.717) is 0 Å². The van der Waals surface area contributed by atoms with Crippen molar-refractivity contribution >= 4 is 6.09 Å². The molecule has 0 fully saturated rings. The molecule has 1 amide bonds. The molecule has 0 radical (unpaired) electrons. The SMILES string of the molecule is CCC(C)OC(=O)NC(C)(C)C. The molecule has 0 aromatic heterocycles. The predicted octanol–water partition coefficient (Wildman–Crippen LogP) is 2.31. The van der Waals surface area contributed by atoms with Gasteiger partial charge in [0.15, 0.2) is 0 Å². The number of ether oxygens (including phenoxy) is 1. The molecular weight excluding hydrogens is 154 g/mol. The maximum absolute atomic E-state index is 11.1. The number of amides is 1. The van der Waals surface area contributed by atoms with Crippen molar-refractivity contribution in [3.63, 3.8) is 0 Å². The molecule has 0 saturated carbocycles. The quantitative estimate of drug-likeness (QED) is 0.696. The summed E-state index contributed by atoms with van der Waals surface area (Å²) in [6.45, 7) is 9.62. The summed E-state index contributed by atoms with van der Waals surface area (Å²) in [5, 5.41) is 2.72. The standard InChI is InChI=1S/C9H19NO2/c1-6-7(2)12-8(11)10-9(3,4)5/h7H,6H2,1-5H3,(H,10,11). The second kappa shape index (κ2) is 4.33. The molecule has 0 heterocycles. The van der Waals surface area contributed by atoms with Gasteiger partial charge in [-0.25, -0.2) is 4.79 Å². The zero-order valence-electron chi connectivity index (χ0n) is 8.60. The highest BCUT2D eigenvalue weighted by atomic mass is 16.6. The van der Waals surface area contributed by atoms with E-state index in [4.69, 9.17) is 4.74 Å². The Balaban J connectivity index is 3.75. The van der Waals surface area contributed by atoms with Gasteiger partial charge < -0.3 is 10.1 Å². The maximum atomic E-state index is 11.1. The van der Waals surface area contributed by atoms with Crippen molar-refractivity contribution in [2.75, 3.05) is 0 Å². The third-order valence-electron chi connectivity index (χ3n) is 1.36. The van der Waals surface area contributed by atoms with E-state index in [0.717, 1.165) is 6.42 Å². The molecule has 0 saturated heterocycles. The average Bonchev–Trinajstić information content (AvgIpc) is 1.82. The normalized spacial score (nSPS) is 13.8. The number of hydrogen-bond acceptors (Lipinski definition) is 2. The van der Waals surface area contributed by atoms with Gasteiger partial charge in [-0.2, -0.15) is 0 Å². The summed E-state index contributed by atoms with van der Waals surface area (Å²) < 4.78 is 5.03. The van der Waals surface area contributed by atoms with Crippen LogP contribution in [0.15, 0.2) is 0 Å². The zero-order valence-corrected chi connectivity index (χ0v) is 8.60. The van der Waals surface area contributed by atoms with Crippen molar-refractivity contribution in [1.82, 2.24) is 5.32 Å². The number of hydrogen-bond donors (Lipinski definition) is 1. The molecule has 1 N–H and O–H groups in total. The van der Waals surface area contributed by atoms with E-state index in [9.17, 15) is 4.79 Å². The summed E-state index contributed by atoms with van der Waals surface area (Å²) >= 11 is 0. The number of alkyl carbamates (subject to hydrolysis) is 1. The lowest BCUT2D eigenvalue weighted by Crippen LogP contribution is -2.41. The largest absolute Gasteiger partial charge is 0.447 e. The Hall–Kier alpha value is -0.730. The van der Waals surface area contributed by atoms with Crippen LogP contribution in [-0.2, 0) is 4.74 Å². The van der Waals surface area contributed by atoms with Gasteiger partial charge >= 0.3 is 6.09 Å². The van der Waals surface area contributed by atoms with Gasteiger partial charge in [0.25, 0.3) is 0 Å². The molecule has 1 atom stereocenters. The highest BCUT2D eigenvalue weighted by Gasteiger charge is 2.15. The molecule has 0 aromatic rings. The van der Waals surface area contributed by atoms with Crippen molar-refractivity contribution in [3.8, 4) is 0 Å². The van der Waals surface area contributed by atoms with E-state index in [-0.39, 0.29) is 17.7 Å². The Bertz CT molecular complexity index is 149. The molecule has 0 aliphatic heterocycles. The fourth-order valence-corrected chi connectivity index (χ4v) is 0.602. The van der Waals surface area contributed by atoms with Gasteiger partial charge in [-0.1, -0.05) is 6.92 Å². The number of carbonyl (C=O) groups excluding carboxylic acids is 1. The number of rotatable bonds is 2. The van der Waals surface area contributed by atoms with Crippen molar-refractivity contribution in [1.29, 1.82) is 0 Å². The summed E-state index contributed by atoms with van der Waals surface area (Å²) in [6, 6.07) is 0. The molecule has 1 unspecified atom stereocenters. The average molecular weight is 173 g/mol. The van der Waals surface area contributed by atoms with Crippen LogP contribution in [0, 0.1) is 0 Å². The fourth-order valence-electron chi connectivity index (χ4n) is 0.602. The lowest BCUT2D eigenvalue weighted by Gasteiger charge is -2.21. The molecule has 3 nitrogen and oxygen atoms in total. The maximum Gasteiger partial charge on any atom is 0.407 e. The second-order valence-electron chi connectivity index (χ2n) is 4.00. The first-order valence-electron chi connectivity index (χ1n) is 4.34. The first kappa shape index (κ1) is 11.3. The van der Waals surface area contributed by atoms with Crippen LogP contribution in [0.25, 0.3) is 0 Å². The molecule has 3 heteroatoms. The molecule has 0 aliphatic rings. The predicted molar refractivity (Wildman–Crippen MR) is 49.1 cm³/mol. The molecule has 0 bridgehead atoms. The molecule has 0 spiro atoms. The van der Waals surface area contributed by atoms with Gasteiger partial charge in [-0.3, -0.25) is 0 Å². The Morgan fingerprint density at radius 1 is 1.50 bits per heavy atom. The van der Waals surface area contributed by atoms with Crippen LogP contribution < -0.4 is 5.32 Å². The third-order valence-corrected chi connectivity index (χ3v) is 1.36. The van der Waals surface area contributed by atoms with E-state index in [2.05, 4.69) is 5.32 Å². The Labute approximate surface area is 74.5 Å². The van der Waals surface area contributed by atoms with Crippen LogP contribution in [0.1, 0.15) is 41.0 Å². The molecule has 72 valence electrons. The number of nitrogens with one attached hydrogen (secondary N) is 1. The number of carbonyl (C=O) groups is 1. The van der Waals surface area contributed by atoms with E-state index in [1.165, 1.54) is 0 Å². The minimum atomic E-state index is -0.336. The Morgan fingerprint density at radius 2 is 2.00 bits per heavy atom. The van der Waals surface area contributed by atoms with Crippen LogP contribution in [0.5, 0.6) is 0 Å². The Morgan fingerprint density at radius 3 is 2.33 bits per heavy atom. The van der Waals surface area contributed by atoms with Gasteiger partial charge in [0.05, 0.1) is 0 Å². The van der Waals surface area contributed by atoms with E-state index >= 15 is 0 Å². The van der Waals surface area contributed by atoms with Crippen LogP contribution in [0.4, 0.5) is 4.79 Å². The van der Waals surface area contributed by atoms with E-state index in [1.54, 1.807) is 0 Å². The summed E-state index contributed by atoms with van der Waals surface area (Å²) in [5.41, 5.74) is -0.218. The lowest BCUT2D eigenvalue weighted by molar-refractivity contribution is 0.0981. The minimum Gasteiger partial charge on any atom is -0.447 e. The van der Waals surface area contributed by atoms with Crippen LogP contribution in [0.2, 0.25) is 0 Å². The smallest absolute Gasteiger partial charge is 0.407 e. The van der Waals surface area contributed by atoms with Crippen molar-refractivity contribution < 1.29 is 9.53 Å². The van der Waals surface area contributed by atoms with Crippen molar-refractivity contribution in [3.05, 3.63) is 0 Å². The van der Waals surface area contributed by atoms with Gasteiger partial charge in [0.1, 0.15) is 6.10 Å². The molecule has 12 heavy (non-hydrogen) atoms. The third kappa shape index (κ3) is 6.01. The van der Waals surface area contributed by atoms with Crippen LogP contribution in [-0.4, -0.2) is 17.7 Å². The van der Waals surface area contributed by atoms with Crippen molar-refractivity contribution in [2.24, 2.45) is 0 Å². The Kier molecular flexibility index (Phi) is 4.07. The van der Waals surface area contributed by atoms with E-state index < -0.39 is 0 Å². The monoisotopic (exact) mass is 173 g/mol. The van der Waals surface area contributed by atoms with E-state index in [1.807, 2.05) is 34.6 Å². The highest BCUT2D eigenvalue weighted by Crippen LogP contribution is 2.01. The molecule has 0 rings (SSSR count). The first-order chi connectivity index (χ1) is 5.35. The summed E-state index contributed by atoms with van der Waals surface area (Å²) in [4.78, 5) is 11.1. The van der Waals surface area contributed by atoms with Gasteiger partial charge in [0, 0.05) is 5.54 Å². The van der Waals surface area contributed by atoms with Gasteiger partial charge in [-0.15, -0.1) is 0 Å². The zero-order chi connectivity index (χ0) is 9.78. The molecule has 0 aromatic carbocycles. The topological polar surface area (TPSA) is 38.3 Å². The fraction of sp³-hybridized carbons (Fsp3) is 0.889. The van der Waals surface area contributed by atoms with Gasteiger partial charge in [-0.05, 0) is 34.1 Å². The van der Waals surface area contributed by atoms with Gasteiger partial charge in [0.2, 0.25) is 0 Å². The lowest BCUT2D eigenvalue weighted by atomic mass is 10.1. The highest BCUT2D eigenvalue weighted by molar-refractivity contribution is 5.68. The van der Waals surface area contributed by atoms with Crippen molar-refractivity contribution in [2.45, 2.75) is 52.7 Å². The van der Waals surface area contributed by atoms with Crippen LogP contribution >= 0.6 is 0 Å². The minimum absolute atomic E-state index is 0.00708. The molecular formula is C9H19NO2. The second-order valence-corrected chi connectivity index (χ2v) is 4.00. The van der Waals surface area contributed by atoms with Crippen LogP contribution in [0.3, 0.4) is 0 Å². The summed E-state index contributed by atoms with van der Waals surface area (Å²) in [6.07, 6.45) is 0.501. The molecule has 0 aliphatic carbocycles. The summed E-state index contributed by atoms with van der Waals surface area (Å²) in [5.74, 6) is 0. The first-order valence-corrected chi connectivity index (χ1v) is 4.34. The summed E-state index contributed by atoms with van der Waals surface area (Å²) in [7, 11) is 0.